The third-order valence-corrected chi connectivity index (χ3v) is 8.68. The fraction of sp³-hybridized carbons (Fsp3) is 0.333. The highest BCUT2D eigenvalue weighted by molar-refractivity contribution is 7.88. The smallest absolute Gasteiger partial charge is 0.225 e. The van der Waals surface area contributed by atoms with Crippen LogP contribution < -0.4 is 9.64 Å². The van der Waals surface area contributed by atoms with Crippen molar-refractivity contribution in [3.05, 3.63) is 58.6 Å². The molecule has 192 valence electrons. The number of hydrogen-bond acceptors (Lipinski definition) is 8. The highest BCUT2D eigenvalue weighted by Crippen LogP contribution is 2.42. The van der Waals surface area contributed by atoms with Crippen molar-refractivity contribution in [1.82, 2.24) is 29.5 Å². The van der Waals surface area contributed by atoms with Gasteiger partial charge in [-0.05, 0) is 25.1 Å². The lowest BCUT2D eigenvalue weighted by Gasteiger charge is -2.59. The SMILES string of the molecule is C[C@@H](Oc1ccc2[nH]nc(-c3cnc(N4CC5(C4)CN(S(C)(=O)=O)C5)nc3)c2c1)c1c(Cl)cncc1Cl. The van der Waals surface area contributed by atoms with Gasteiger partial charge in [0.15, 0.2) is 0 Å². The van der Waals surface area contributed by atoms with E-state index in [0.29, 0.717) is 46.1 Å². The summed E-state index contributed by atoms with van der Waals surface area (Å²) in [6.45, 7) is 4.48. The van der Waals surface area contributed by atoms with Gasteiger partial charge in [-0.3, -0.25) is 10.1 Å². The summed E-state index contributed by atoms with van der Waals surface area (Å²) in [5.74, 6) is 1.26. The number of sulfonamides is 1. The Morgan fingerprint density at radius 3 is 2.38 bits per heavy atom. The van der Waals surface area contributed by atoms with E-state index in [1.165, 1.54) is 10.6 Å². The van der Waals surface area contributed by atoms with E-state index in [-0.39, 0.29) is 5.41 Å². The molecule has 2 saturated heterocycles. The number of hydrogen-bond donors (Lipinski definition) is 1. The number of aromatic amines is 1. The van der Waals surface area contributed by atoms with Crippen molar-refractivity contribution < 1.29 is 13.2 Å². The number of pyridine rings is 1. The number of aromatic nitrogens is 5. The number of anilines is 1. The van der Waals surface area contributed by atoms with E-state index >= 15 is 0 Å². The van der Waals surface area contributed by atoms with Gasteiger partial charge in [-0.1, -0.05) is 23.2 Å². The van der Waals surface area contributed by atoms with Crippen molar-refractivity contribution in [2.24, 2.45) is 5.41 Å². The van der Waals surface area contributed by atoms with Crippen molar-refractivity contribution in [3.63, 3.8) is 0 Å². The summed E-state index contributed by atoms with van der Waals surface area (Å²) in [6.07, 6.45) is 7.44. The van der Waals surface area contributed by atoms with Gasteiger partial charge in [-0.25, -0.2) is 22.7 Å². The quantitative estimate of drug-likeness (QED) is 0.377. The lowest BCUT2D eigenvalue weighted by Crippen LogP contribution is -2.73. The first-order valence-corrected chi connectivity index (χ1v) is 14.2. The first kappa shape index (κ1) is 24.4. The van der Waals surface area contributed by atoms with Crippen LogP contribution in [0.15, 0.2) is 43.0 Å². The summed E-state index contributed by atoms with van der Waals surface area (Å²) in [4.78, 5) is 15.2. The third kappa shape index (κ3) is 4.39. The summed E-state index contributed by atoms with van der Waals surface area (Å²) in [5, 5.41) is 9.27. The molecule has 6 rings (SSSR count). The van der Waals surface area contributed by atoms with Gasteiger partial charge in [0.05, 0.1) is 21.8 Å². The number of rotatable bonds is 6. The van der Waals surface area contributed by atoms with Gasteiger partial charge < -0.3 is 9.64 Å². The van der Waals surface area contributed by atoms with Crippen molar-refractivity contribution in [1.29, 1.82) is 0 Å². The molecule has 1 atom stereocenters. The van der Waals surface area contributed by atoms with Gasteiger partial charge in [0.25, 0.3) is 0 Å². The summed E-state index contributed by atoms with van der Waals surface area (Å²) >= 11 is 12.6. The van der Waals surface area contributed by atoms with Crippen LogP contribution >= 0.6 is 23.2 Å². The minimum absolute atomic E-state index is 0.0156. The molecule has 37 heavy (non-hydrogen) atoms. The highest BCUT2D eigenvalue weighted by Gasteiger charge is 2.54. The number of nitrogens with one attached hydrogen (secondary N) is 1. The molecule has 2 aliphatic heterocycles. The molecule has 4 aromatic rings. The maximum absolute atomic E-state index is 11.7. The van der Waals surface area contributed by atoms with Gasteiger partial charge in [0, 0.05) is 72.9 Å². The molecule has 0 radical (unpaired) electrons. The van der Waals surface area contributed by atoms with E-state index in [2.05, 4.69) is 30.0 Å². The topological polar surface area (TPSA) is 117 Å². The van der Waals surface area contributed by atoms with Crippen LogP contribution in [0.5, 0.6) is 5.75 Å². The average molecular weight is 560 g/mol. The van der Waals surface area contributed by atoms with E-state index in [1.54, 1.807) is 24.8 Å². The number of halogens is 2. The predicted octanol–water partition coefficient (Wildman–Crippen LogP) is 3.94. The van der Waals surface area contributed by atoms with Crippen LogP contribution in [0, 0.1) is 5.41 Å². The average Bonchev–Trinajstić information content (AvgIpc) is 3.20. The molecule has 10 nitrogen and oxygen atoms in total. The molecule has 5 heterocycles. The van der Waals surface area contributed by atoms with Crippen molar-refractivity contribution in [3.8, 4) is 17.0 Å². The summed E-state index contributed by atoms with van der Waals surface area (Å²) in [6, 6.07) is 5.66. The Morgan fingerprint density at radius 2 is 1.73 bits per heavy atom. The molecule has 1 N–H and O–H groups in total. The Bertz CT molecular complexity index is 1580. The largest absolute Gasteiger partial charge is 0.486 e. The van der Waals surface area contributed by atoms with Crippen LogP contribution in [0.25, 0.3) is 22.2 Å². The first-order chi connectivity index (χ1) is 17.6. The third-order valence-electron chi connectivity index (χ3n) is 6.88. The first-order valence-electron chi connectivity index (χ1n) is 11.6. The van der Waals surface area contributed by atoms with Crippen LogP contribution in [-0.4, -0.2) is 70.3 Å². The molecule has 0 unspecified atom stereocenters. The van der Waals surface area contributed by atoms with Gasteiger partial charge in [-0.2, -0.15) is 5.10 Å². The lowest BCUT2D eigenvalue weighted by molar-refractivity contribution is 0.0389. The Labute approximate surface area is 223 Å². The lowest BCUT2D eigenvalue weighted by atomic mass is 9.74. The Kier molecular flexibility index (Phi) is 5.79. The second-order valence-electron chi connectivity index (χ2n) is 9.72. The standard InChI is InChI=1S/C24H23Cl2N7O3S/c1-14(21-18(25)8-27-9-19(21)26)36-16-3-4-20-17(5-16)22(31-30-20)15-6-28-23(29-7-15)32-10-24(11-32)12-33(13-24)37(2,34)35/h3-9,14H,10-13H2,1-2H3,(H,30,31)/t14-/m1/s1. The number of fused-ring (bicyclic) bond motifs is 1. The Morgan fingerprint density at radius 1 is 1.05 bits per heavy atom. The fourth-order valence-electron chi connectivity index (χ4n) is 5.01. The number of H-pyrrole nitrogens is 1. The van der Waals surface area contributed by atoms with E-state index < -0.39 is 16.1 Å². The van der Waals surface area contributed by atoms with E-state index in [1.807, 2.05) is 25.1 Å². The molecule has 3 aromatic heterocycles. The zero-order valence-corrected chi connectivity index (χ0v) is 22.3. The minimum Gasteiger partial charge on any atom is -0.486 e. The molecule has 0 saturated carbocycles. The predicted molar refractivity (Wildman–Crippen MR) is 141 cm³/mol. The molecule has 13 heteroatoms. The van der Waals surface area contributed by atoms with Crippen LogP contribution in [0.2, 0.25) is 10.0 Å². The van der Waals surface area contributed by atoms with Crippen LogP contribution in [-0.2, 0) is 10.0 Å². The van der Waals surface area contributed by atoms with Gasteiger partial charge in [0.1, 0.15) is 17.5 Å². The monoisotopic (exact) mass is 559 g/mol. The van der Waals surface area contributed by atoms with E-state index in [4.69, 9.17) is 27.9 Å². The number of ether oxygens (including phenoxy) is 1. The number of benzene rings is 1. The molecule has 2 fully saturated rings. The van der Waals surface area contributed by atoms with Gasteiger partial charge in [-0.15, -0.1) is 0 Å². The van der Waals surface area contributed by atoms with Crippen molar-refractivity contribution >= 4 is 50.1 Å². The molecule has 2 aliphatic rings. The highest BCUT2D eigenvalue weighted by atomic mass is 35.5. The second-order valence-corrected chi connectivity index (χ2v) is 12.5. The molecular weight excluding hydrogens is 537 g/mol. The molecule has 0 amide bonds. The molecule has 1 spiro atoms. The zero-order valence-electron chi connectivity index (χ0n) is 20.0. The van der Waals surface area contributed by atoms with Gasteiger partial charge >= 0.3 is 0 Å². The number of nitrogens with zero attached hydrogens (tertiary/aromatic N) is 6. The van der Waals surface area contributed by atoms with Crippen LogP contribution in [0.4, 0.5) is 5.95 Å². The minimum atomic E-state index is -3.12. The molecular formula is C24H23Cl2N7O3S. The van der Waals surface area contributed by atoms with E-state index in [9.17, 15) is 8.42 Å². The van der Waals surface area contributed by atoms with Gasteiger partial charge in [0.2, 0.25) is 16.0 Å². The Balaban J connectivity index is 1.18. The molecule has 0 aliphatic carbocycles. The van der Waals surface area contributed by atoms with Crippen molar-refractivity contribution in [2.75, 3.05) is 37.3 Å². The van der Waals surface area contributed by atoms with Crippen molar-refractivity contribution in [2.45, 2.75) is 13.0 Å². The zero-order chi connectivity index (χ0) is 25.9. The Hall–Kier alpha value is -2.99. The maximum atomic E-state index is 11.7. The van der Waals surface area contributed by atoms with Crippen LogP contribution in [0.1, 0.15) is 18.6 Å². The van der Waals surface area contributed by atoms with Crippen LogP contribution in [0.3, 0.4) is 0 Å². The summed E-state index contributed by atoms with van der Waals surface area (Å²) < 4.78 is 31.0. The molecule has 0 bridgehead atoms. The summed E-state index contributed by atoms with van der Waals surface area (Å²) in [7, 11) is -3.12. The fourth-order valence-corrected chi connectivity index (χ4v) is 6.70. The van der Waals surface area contributed by atoms with E-state index in [0.717, 1.165) is 29.6 Å². The second kappa shape index (κ2) is 8.80. The maximum Gasteiger partial charge on any atom is 0.225 e. The molecule has 1 aromatic carbocycles. The normalized spacial score (nSPS) is 18.0. The summed E-state index contributed by atoms with van der Waals surface area (Å²) in [5.41, 5.74) is 3.02.